The van der Waals surface area contributed by atoms with E-state index in [1.165, 1.54) is 17.7 Å². The van der Waals surface area contributed by atoms with Crippen LogP contribution in [0.5, 0.6) is 0 Å². The fourth-order valence-electron chi connectivity index (χ4n) is 1.71. The van der Waals surface area contributed by atoms with Crippen LogP contribution in [0.3, 0.4) is 0 Å². The van der Waals surface area contributed by atoms with E-state index in [0.29, 0.717) is 0 Å². The SMILES string of the molecule is C=C1/C=C\CCCc2ccccc2N1. The standard InChI is InChI=1S/C13H15N/c1-11-7-3-2-4-8-12-9-5-6-10-13(12)14-11/h3,5-7,9-10,14H,1-2,4,8H2/b7-3-. The van der Waals surface area contributed by atoms with Crippen LogP contribution >= 0.6 is 0 Å². The highest BCUT2D eigenvalue weighted by Gasteiger charge is 2.02. The lowest BCUT2D eigenvalue weighted by atomic mass is 10.1. The summed E-state index contributed by atoms with van der Waals surface area (Å²) in [7, 11) is 0. The van der Waals surface area contributed by atoms with E-state index < -0.39 is 0 Å². The molecule has 0 aromatic heterocycles. The predicted octanol–water partition coefficient (Wildman–Crippen LogP) is 3.50. The summed E-state index contributed by atoms with van der Waals surface area (Å²) in [6, 6.07) is 8.44. The number of allylic oxidation sites excluding steroid dienone is 2. The summed E-state index contributed by atoms with van der Waals surface area (Å²) < 4.78 is 0. The molecule has 0 atom stereocenters. The Bertz CT molecular complexity index is 363. The first-order valence-corrected chi connectivity index (χ1v) is 5.06. The van der Waals surface area contributed by atoms with Crippen molar-refractivity contribution in [2.45, 2.75) is 19.3 Å². The van der Waals surface area contributed by atoms with E-state index in [0.717, 1.165) is 18.5 Å². The minimum absolute atomic E-state index is 0.972. The van der Waals surface area contributed by atoms with Crippen LogP contribution in [0, 0.1) is 0 Å². The molecule has 1 aromatic rings. The fourth-order valence-corrected chi connectivity index (χ4v) is 1.71. The van der Waals surface area contributed by atoms with Crippen molar-refractivity contribution in [2.75, 3.05) is 5.32 Å². The number of aryl methyl sites for hydroxylation is 1. The predicted molar refractivity (Wildman–Crippen MR) is 61.3 cm³/mol. The molecule has 0 amide bonds. The van der Waals surface area contributed by atoms with Crippen molar-refractivity contribution in [3.8, 4) is 0 Å². The van der Waals surface area contributed by atoms with Crippen molar-refractivity contribution in [3.63, 3.8) is 0 Å². The molecule has 0 aliphatic carbocycles. The number of hydrogen-bond acceptors (Lipinski definition) is 1. The summed E-state index contributed by atoms with van der Waals surface area (Å²) in [5.74, 6) is 0. The Morgan fingerprint density at radius 3 is 3.00 bits per heavy atom. The molecule has 72 valence electrons. The lowest BCUT2D eigenvalue weighted by Gasteiger charge is -2.10. The second kappa shape index (κ2) is 4.14. The molecule has 0 fully saturated rings. The smallest absolute Gasteiger partial charge is 0.0416 e. The van der Waals surface area contributed by atoms with Crippen LogP contribution in [-0.2, 0) is 6.42 Å². The van der Waals surface area contributed by atoms with Crippen molar-refractivity contribution >= 4 is 5.69 Å². The number of fused-ring (bicyclic) bond motifs is 1. The van der Waals surface area contributed by atoms with Gasteiger partial charge in [-0.15, -0.1) is 0 Å². The molecular formula is C13H15N. The Labute approximate surface area is 85.2 Å². The molecule has 14 heavy (non-hydrogen) atoms. The van der Waals surface area contributed by atoms with Gasteiger partial charge in [0.1, 0.15) is 0 Å². The molecule has 1 heteroatoms. The molecule has 1 heterocycles. The molecule has 1 aliphatic heterocycles. The molecule has 0 saturated carbocycles. The van der Waals surface area contributed by atoms with Gasteiger partial charge in [-0.3, -0.25) is 0 Å². The summed E-state index contributed by atoms with van der Waals surface area (Å²) in [6.45, 7) is 3.96. The summed E-state index contributed by atoms with van der Waals surface area (Å²) in [6.07, 6.45) is 7.72. The highest BCUT2D eigenvalue weighted by Crippen LogP contribution is 2.20. The number of para-hydroxylation sites is 1. The van der Waals surface area contributed by atoms with Crippen LogP contribution in [0.25, 0.3) is 0 Å². The Kier molecular flexibility index (Phi) is 2.68. The quantitative estimate of drug-likeness (QED) is 0.652. The van der Waals surface area contributed by atoms with Gasteiger partial charge in [-0.1, -0.05) is 30.9 Å². The average molecular weight is 185 g/mol. The van der Waals surface area contributed by atoms with Crippen molar-refractivity contribution in [1.82, 2.24) is 0 Å². The van der Waals surface area contributed by atoms with E-state index >= 15 is 0 Å². The molecular weight excluding hydrogens is 170 g/mol. The normalized spacial score (nSPS) is 18.4. The third kappa shape index (κ3) is 2.05. The van der Waals surface area contributed by atoms with E-state index in [4.69, 9.17) is 0 Å². The van der Waals surface area contributed by atoms with E-state index in [-0.39, 0.29) is 0 Å². The van der Waals surface area contributed by atoms with Crippen LogP contribution in [0.2, 0.25) is 0 Å². The van der Waals surface area contributed by atoms with Crippen molar-refractivity contribution < 1.29 is 0 Å². The van der Waals surface area contributed by atoms with Gasteiger partial charge in [0, 0.05) is 11.4 Å². The van der Waals surface area contributed by atoms with E-state index in [1.807, 2.05) is 0 Å². The highest BCUT2D eigenvalue weighted by molar-refractivity contribution is 5.56. The summed E-state index contributed by atoms with van der Waals surface area (Å²) in [5.41, 5.74) is 3.56. The first kappa shape index (κ1) is 9.07. The minimum Gasteiger partial charge on any atom is -0.356 e. The minimum atomic E-state index is 0.972. The zero-order valence-corrected chi connectivity index (χ0v) is 8.29. The first-order chi connectivity index (χ1) is 6.86. The van der Waals surface area contributed by atoms with E-state index in [9.17, 15) is 0 Å². The van der Waals surface area contributed by atoms with Crippen LogP contribution in [0.1, 0.15) is 18.4 Å². The maximum atomic E-state index is 3.96. The number of benzene rings is 1. The van der Waals surface area contributed by atoms with Gasteiger partial charge in [-0.2, -0.15) is 0 Å². The van der Waals surface area contributed by atoms with Gasteiger partial charge < -0.3 is 5.32 Å². The molecule has 1 N–H and O–H groups in total. The first-order valence-electron chi connectivity index (χ1n) is 5.06. The maximum absolute atomic E-state index is 3.96. The Morgan fingerprint density at radius 2 is 2.07 bits per heavy atom. The van der Waals surface area contributed by atoms with Crippen LogP contribution in [0.15, 0.2) is 48.7 Å². The molecule has 1 aliphatic rings. The topological polar surface area (TPSA) is 12.0 Å². The van der Waals surface area contributed by atoms with Crippen LogP contribution < -0.4 is 5.32 Å². The average Bonchev–Trinajstić information content (AvgIpc) is 2.27. The third-order valence-electron chi connectivity index (χ3n) is 2.45. The highest BCUT2D eigenvalue weighted by atomic mass is 14.9. The van der Waals surface area contributed by atoms with Gasteiger partial charge in [0.05, 0.1) is 0 Å². The van der Waals surface area contributed by atoms with Crippen molar-refractivity contribution in [2.24, 2.45) is 0 Å². The molecule has 0 unspecified atom stereocenters. The molecule has 0 bridgehead atoms. The fraction of sp³-hybridized carbons (Fsp3) is 0.231. The van der Waals surface area contributed by atoms with Gasteiger partial charge in [0.2, 0.25) is 0 Å². The molecule has 0 spiro atoms. The number of anilines is 1. The van der Waals surface area contributed by atoms with Gasteiger partial charge in [0.15, 0.2) is 0 Å². The second-order valence-electron chi connectivity index (χ2n) is 3.60. The summed E-state index contributed by atoms with van der Waals surface area (Å²) in [5, 5.41) is 3.32. The number of rotatable bonds is 0. The lowest BCUT2D eigenvalue weighted by molar-refractivity contribution is 0.846. The van der Waals surface area contributed by atoms with Gasteiger partial charge in [-0.05, 0) is 37.0 Å². The van der Waals surface area contributed by atoms with Crippen LogP contribution in [0.4, 0.5) is 5.69 Å². The number of hydrogen-bond donors (Lipinski definition) is 1. The van der Waals surface area contributed by atoms with Crippen molar-refractivity contribution in [3.05, 3.63) is 54.3 Å². The van der Waals surface area contributed by atoms with Gasteiger partial charge >= 0.3 is 0 Å². The lowest BCUT2D eigenvalue weighted by Crippen LogP contribution is -1.98. The van der Waals surface area contributed by atoms with Gasteiger partial charge in [0.25, 0.3) is 0 Å². The molecule has 1 nitrogen and oxygen atoms in total. The molecule has 2 rings (SSSR count). The monoisotopic (exact) mass is 185 g/mol. The Hall–Kier alpha value is -1.50. The van der Waals surface area contributed by atoms with Crippen molar-refractivity contribution in [1.29, 1.82) is 0 Å². The van der Waals surface area contributed by atoms with Crippen LogP contribution in [-0.4, -0.2) is 0 Å². The molecule has 1 aromatic carbocycles. The zero-order chi connectivity index (χ0) is 9.80. The van der Waals surface area contributed by atoms with E-state index in [1.54, 1.807) is 0 Å². The summed E-state index contributed by atoms with van der Waals surface area (Å²) >= 11 is 0. The molecule has 0 radical (unpaired) electrons. The number of nitrogens with one attached hydrogen (secondary N) is 1. The molecule has 0 saturated heterocycles. The Balaban J connectivity index is 2.31. The van der Waals surface area contributed by atoms with Gasteiger partial charge in [-0.25, -0.2) is 0 Å². The Morgan fingerprint density at radius 1 is 1.21 bits per heavy atom. The third-order valence-corrected chi connectivity index (χ3v) is 2.45. The largest absolute Gasteiger partial charge is 0.356 e. The summed E-state index contributed by atoms with van der Waals surface area (Å²) in [4.78, 5) is 0. The zero-order valence-electron chi connectivity index (χ0n) is 8.29. The maximum Gasteiger partial charge on any atom is 0.0416 e. The van der Waals surface area contributed by atoms with E-state index in [2.05, 4.69) is 48.3 Å². The second-order valence-corrected chi connectivity index (χ2v) is 3.60.